The Kier molecular flexibility index (Phi) is 8.81. The number of alkyl halides is 1. The summed E-state index contributed by atoms with van der Waals surface area (Å²) in [6.45, 7) is 6.05. The van der Waals surface area contributed by atoms with Crippen LogP contribution in [0, 0.1) is 6.92 Å². The molecule has 2 fully saturated rings. The van der Waals surface area contributed by atoms with E-state index in [1.807, 2.05) is 11.9 Å². The van der Waals surface area contributed by atoms with E-state index in [1.165, 1.54) is 17.8 Å². The molecule has 1 saturated carbocycles. The second kappa shape index (κ2) is 12.2. The molecule has 5 rings (SSSR count). The number of nitrogens with one attached hydrogen (secondary N) is 1. The number of anilines is 1. The van der Waals surface area contributed by atoms with Crippen molar-refractivity contribution in [1.82, 2.24) is 24.6 Å². The van der Waals surface area contributed by atoms with Crippen molar-refractivity contribution in [2.24, 2.45) is 0 Å². The van der Waals surface area contributed by atoms with E-state index >= 15 is 4.39 Å². The number of aryl methyl sites for hydroxylation is 1. The lowest BCUT2D eigenvalue weighted by molar-refractivity contribution is -0.149. The van der Waals surface area contributed by atoms with Gasteiger partial charge in [-0.1, -0.05) is 18.2 Å². The number of nitrogens with zero attached hydrogens (tertiary/aromatic N) is 5. The SMILES string of the molecule is Cc1nc(N(C)C2CC2)c2ncn([C@@H]3O[C@H](CO[P@](=O)(N[C@@H](C)C(=O)OC(C)C)Oc4ccccc4)[C@@H](O)[C@@H]3F)c2n1. The molecule has 2 N–H and O–H groups in total. The molecule has 13 nitrogen and oxygen atoms in total. The fraction of sp³-hybridized carbons (Fsp3) is 0.556. The van der Waals surface area contributed by atoms with Crippen molar-refractivity contribution in [2.45, 2.75) is 83.3 Å². The Hall–Kier alpha value is -3.16. The Labute approximate surface area is 242 Å². The maximum absolute atomic E-state index is 15.5. The number of carbonyl (C=O) groups is 1. The first-order chi connectivity index (χ1) is 20.0. The van der Waals surface area contributed by atoms with Crippen LogP contribution >= 0.6 is 7.75 Å². The van der Waals surface area contributed by atoms with Crippen molar-refractivity contribution in [3.8, 4) is 5.75 Å². The van der Waals surface area contributed by atoms with Crippen LogP contribution in [0.3, 0.4) is 0 Å². The number of para-hydroxylation sites is 1. The van der Waals surface area contributed by atoms with Crippen molar-refractivity contribution in [3.05, 3.63) is 42.5 Å². The maximum atomic E-state index is 15.5. The Morgan fingerprint density at radius 2 is 1.98 bits per heavy atom. The number of aromatic nitrogens is 4. The van der Waals surface area contributed by atoms with Crippen LogP contribution in [0.1, 0.15) is 45.7 Å². The molecule has 1 aromatic carbocycles. The highest BCUT2D eigenvalue weighted by molar-refractivity contribution is 7.52. The molecule has 42 heavy (non-hydrogen) atoms. The van der Waals surface area contributed by atoms with Gasteiger partial charge in [-0.25, -0.2) is 23.9 Å². The predicted octanol–water partition coefficient (Wildman–Crippen LogP) is 3.46. The van der Waals surface area contributed by atoms with Crippen LogP contribution in [0.2, 0.25) is 0 Å². The number of rotatable bonds is 12. The van der Waals surface area contributed by atoms with Gasteiger partial charge in [0, 0.05) is 13.1 Å². The van der Waals surface area contributed by atoms with Crippen LogP contribution in [-0.2, 0) is 23.4 Å². The molecule has 2 aliphatic rings. The summed E-state index contributed by atoms with van der Waals surface area (Å²) in [5.41, 5.74) is 0.857. The zero-order chi connectivity index (χ0) is 30.2. The first-order valence-electron chi connectivity index (χ1n) is 13.8. The monoisotopic (exact) mass is 606 g/mol. The van der Waals surface area contributed by atoms with E-state index in [0.717, 1.165) is 12.8 Å². The average Bonchev–Trinajstić information content (AvgIpc) is 3.65. The van der Waals surface area contributed by atoms with Gasteiger partial charge < -0.3 is 24.0 Å². The fourth-order valence-electron chi connectivity index (χ4n) is 4.65. The van der Waals surface area contributed by atoms with Crippen molar-refractivity contribution in [1.29, 1.82) is 0 Å². The van der Waals surface area contributed by atoms with E-state index in [-0.39, 0.29) is 5.75 Å². The number of esters is 1. The zero-order valence-corrected chi connectivity index (χ0v) is 25.0. The Bertz CT molecular complexity index is 1460. The summed E-state index contributed by atoms with van der Waals surface area (Å²) in [6, 6.07) is 7.52. The highest BCUT2D eigenvalue weighted by Crippen LogP contribution is 2.46. The first kappa shape index (κ1) is 30.3. The molecule has 3 aromatic rings. The van der Waals surface area contributed by atoms with Gasteiger partial charge >= 0.3 is 13.7 Å². The number of fused-ring (bicyclic) bond motifs is 1. The normalized spacial score (nSPS) is 24.5. The van der Waals surface area contributed by atoms with E-state index in [9.17, 15) is 14.5 Å². The third-order valence-electron chi connectivity index (χ3n) is 6.95. The molecular formula is C27H36FN6O7P. The van der Waals surface area contributed by atoms with Crippen molar-refractivity contribution >= 4 is 30.7 Å². The number of aliphatic hydroxyl groups is 1. The minimum Gasteiger partial charge on any atom is -0.462 e. The lowest BCUT2D eigenvalue weighted by atomic mass is 10.1. The van der Waals surface area contributed by atoms with Gasteiger partial charge in [0.1, 0.15) is 29.8 Å². The van der Waals surface area contributed by atoms with Gasteiger partial charge in [-0.15, -0.1) is 0 Å². The number of imidazole rings is 1. The van der Waals surface area contributed by atoms with Crippen LogP contribution in [0.25, 0.3) is 11.2 Å². The lowest BCUT2D eigenvalue weighted by Gasteiger charge is -2.25. The molecule has 1 aliphatic carbocycles. The molecule has 228 valence electrons. The molecule has 1 aliphatic heterocycles. The lowest BCUT2D eigenvalue weighted by Crippen LogP contribution is -2.37. The highest BCUT2D eigenvalue weighted by atomic mass is 31.2. The number of aliphatic hydroxyl groups excluding tert-OH is 1. The standard InChI is InChI=1S/C27H36FN6O7P/c1-15(2)39-27(36)16(3)32-42(37,41-19-9-7-6-8-10-19)38-13-20-23(35)21(28)26(40-20)34-14-29-22-24(33(5)18-11-12-18)30-17(4)31-25(22)34/h6-10,14-16,18,20-21,23,26,35H,11-13H2,1-5H3,(H,32,37)/t16-,20+,21-,23+,26+,42+/m0/s1. The molecule has 15 heteroatoms. The molecule has 2 aromatic heterocycles. The van der Waals surface area contributed by atoms with Gasteiger partial charge in [-0.2, -0.15) is 5.09 Å². The van der Waals surface area contributed by atoms with Crippen molar-refractivity contribution in [2.75, 3.05) is 18.6 Å². The van der Waals surface area contributed by atoms with E-state index < -0.39 is 57.1 Å². The minimum atomic E-state index is -4.25. The third-order valence-corrected chi connectivity index (χ3v) is 8.59. The summed E-state index contributed by atoms with van der Waals surface area (Å²) in [5.74, 6) is 0.667. The molecule has 0 unspecified atom stereocenters. The number of ether oxygens (including phenoxy) is 2. The van der Waals surface area contributed by atoms with Crippen LogP contribution in [0.4, 0.5) is 10.2 Å². The van der Waals surface area contributed by atoms with E-state index in [1.54, 1.807) is 51.1 Å². The predicted molar refractivity (Wildman–Crippen MR) is 151 cm³/mol. The van der Waals surface area contributed by atoms with Gasteiger partial charge in [0.25, 0.3) is 0 Å². The molecule has 0 bridgehead atoms. The molecule has 6 atom stereocenters. The van der Waals surface area contributed by atoms with Crippen LogP contribution in [0.15, 0.2) is 36.7 Å². The number of benzene rings is 1. The summed E-state index contributed by atoms with van der Waals surface area (Å²) in [4.78, 5) is 27.9. The zero-order valence-electron chi connectivity index (χ0n) is 24.1. The van der Waals surface area contributed by atoms with Gasteiger partial charge in [-0.3, -0.25) is 13.9 Å². The van der Waals surface area contributed by atoms with Gasteiger partial charge in [0.05, 0.1) is 19.0 Å². The molecule has 0 spiro atoms. The molecule has 0 amide bonds. The van der Waals surface area contributed by atoms with Crippen LogP contribution < -0.4 is 14.5 Å². The fourth-order valence-corrected chi connectivity index (χ4v) is 6.15. The quantitative estimate of drug-likeness (QED) is 0.230. The molecule has 0 radical (unpaired) electrons. The summed E-state index contributed by atoms with van der Waals surface area (Å²) in [7, 11) is -2.31. The number of carbonyl (C=O) groups excluding carboxylic acids is 1. The Balaban J connectivity index is 1.34. The highest BCUT2D eigenvalue weighted by Gasteiger charge is 2.47. The van der Waals surface area contributed by atoms with Gasteiger partial charge in [0.2, 0.25) is 0 Å². The van der Waals surface area contributed by atoms with E-state index in [4.69, 9.17) is 18.5 Å². The Morgan fingerprint density at radius 1 is 1.26 bits per heavy atom. The average molecular weight is 607 g/mol. The van der Waals surface area contributed by atoms with Crippen molar-refractivity contribution < 1.29 is 37.4 Å². The second-order valence-electron chi connectivity index (χ2n) is 10.8. The minimum absolute atomic E-state index is 0.207. The second-order valence-corrected chi connectivity index (χ2v) is 12.5. The van der Waals surface area contributed by atoms with Crippen LogP contribution in [0.5, 0.6) is 5.75 Å². The largest absolute Gasteiger partial charge is 0.462 e. The molecule has 3 heterocycles. The number of halogens is 1. The third kappa shape index (κ3) is 6.57. The molecule has 1 saturated heterocycles. The number of hydrogen-bond donors (Lipinski definition) is 2. The molecular weight excluding hydrogens is 570 g/mol. The summed E-state index contributed by atoms with van der Waals surface area (Å²) >= 11 is 0. The van der Waals surface area contributed by atoms with E-state index in [2.05, 4.69) is 20.0 Å². The number of hydrogen-bond acceptors (Lipinski definition) is 11. The Morgan fingerprint density at radius 3 is 2.64 bits per heavy atom. The van der Waals surface area contributed by atoms with E-state index in [0.29, 0.717) is 28.8 Å². The summed E-state index contributed by atoms with van der Waals surface area (Å²) < 4.78 is 53.0. The van der Waals surface area contributed by atoms with Gasteiger partial charge in [-0.05, 0) is 52.7 Å². The summed E-state index contributed by atoms with van der Waals surface area (Å²) in [6.07, 6.45) is -2.90. The smallest absolute Gasteiger partial charge is 0.459 e. The van der Waals surface area contributed by atoms with Crippen LogP contribution in [-0.4, -0.2) is 80.8 Å². The topological polar surface area (TPSA) is 150 Å². The van der Waals surface area contributed by atoms with Crippen molar-refractivity contribution in [3.63, 3.8) is 0 Å². The maximum Gasteiger partial charge on any atom is 0.459 e. The van der Waals surface area contributed by atoms with Gasteiger partial charge in [0.15, 0.2) is 29.4 Å². The first-order valence-corrected chi connectivity index (χ1v) is 15.4. The summed E-state index contributed by atoms with van der Waals surface area (Å²) in [5, 5.41) is 13.3.